The first-order valence-electron chi connectivity index (χ1n) is 13.4. The van der Waals surface area contributed by atoms with Gasteiger partial charge >= 0.3 is 6.09 Å². The second-order valence-corrected chi connectivity index (χ2v) is 12.1. The number of benzene rings is 2. The molecule has 4 rings (SSSR count). The summed E-state index contributed by atoms with van der Waals surface area (Å²) in [4.78, 5) is 11.7. The number of fused-ring (bicyclic) bond motifs is 1. The molecule has 1 aliphatic rings. The van der Waals surface area contributed by atoms with Gasteiger partial charge in [0.05, 0.1) is 17.5 Å². The highest BCUT2D eigenvalue weighted by molar-refractivity contribution is 7.89. The highest BCUT2D eigenvalue weighted by Gasteiger charge is 2.30. The van der Waals surface area contributed by atoms with E-state index in [1.54, 1.807) is 36.5 Å². The van der Waals surface area contributed by atoms with Crippen LogP contribution in [0.25, 0.3) is 0 Å². The number of aryl methyl sites for hydroxylation is 1. The third kappa shape index (κ3) is 8.12. The van der Waals surface area contributed by atoms with Crippen molar-refractivity contribution >= 4 is 16.1 Å². The predicted molar refractivity (Wildman–Crippen MR) is 149 cm³/mol. The molecule has 0 bridgehead atoms. The molecular formula is C28H36N4O8S. The summed E-state index contributed by atoms with van der Waals surface area (Å²) in [5, 5.41) is 24.2. The van der Waals surface area contributed by atoms with Gasteiger partial charge in [-0.05, 0) is 54.7 Å². The summed E-state index contributed by atoms with van der Waals surface area (Å²) in [7, 11) is -3.94. The Balaban J connectivity index is 1.40. The summed E-state index contributed by atoms with van der Waals surface area (Å²) < 4.78 is 46.7. The molecule has 2 aromatic carbocycles. The number of hydrogen-bond acceptors (Lipinski definition) is 8. The van der Waals surface area contributed by atoms with E-state index in [1.165, 1.54) is 16.4 Å². The third-order valence-corrected chi connectivity index (χ3v) is 8.42. The van der Waals surface area contributed by atoms with E-state index in [-0.39, 0.29) is 48.6 Å². The van der Waals surface area contributed by atoms with Crippen molar-refractivity contribution in [2.75, 3.05) is 26.5 Å². The van der Waals surface area contributed by atoms with Crippen LogP contribution in [0.3, 0.4) is 0 Å². The number of nitrogens with zero attached hydrogens (tertiary/aromatic N) is 4. The number of rotatable bonds is 15. The lowest BCUT2D eigenvalue weighted by Gasteiger charge is -2.28. The maximum atomic E-state index is 13.6. The van der Waals surface area contributed by atoms with Crippen molar-refractivity contribution in [3.63, 3.8) is 0 Å². The van der Waals surface area contributed by atoms with Gasteiger partial charge in [0.1, 0.15) is 5.75 Å². The molecule has 1 amide bonds. The molecule has 1 aromatic heterocycles. The van der Waals surface area contributed by atoms with Crippen LogP contribution in [0.1, 0.15) is 32.3 Å². The summed E-state index contributed by atoms with van der Waals surface area (Å²) in [5.41, 5.74) is 0.772. The van der Waals surface area contributed by atoms with E-state index in [1.807, 2.05) is 30.8 Å². The molecule has 12 nitrogen and oxygen atoms in total. The second kappa shape index (κ2) is 13.7. The van der Waals surface area contributed by atoms with E-state index < -0.39 is 22.2 Å². The van der Waals surface area contributed by atoms with Crippen LogP contribution >= 0.6 is 0 Å². The number of carbonyl (C=O) groups is 1. The van der Waals surface area contributed by atoms with Crippen molar-refractivity contribution in [3.05, 3.63) is 66.5 Å². The monoisotopic (exact) mass is 588 g/mol. The van der Waals surface area contributed by atoms with Gasteiger partial charge in [-0.15, -0.1) is 0 Å². The van der Waals surface area contributed by atoms with Crippen LogP contribution in [0.4, 0.5) is 4.79 Å². The number of aromatic nitrogens is 2. The Hall–Kier alpha value is -3.81. The van der Waals surface area contributed by atoms with Gasteiger partial charge in [0.25, 0.3) is 0 Å². The van der Waals surface area contributed by atoms with E-state index in [2.05, 4.69) is 5.10 Å². The fourth-order valence-electron chi connectivity index (χ4n) is 4.51. The molecule has 1 aliphatic heterocycles. The molecular weight excluding hydrogens is 552 g/mol. The predicted octanol–water partition coefficient (Wildman–Crippen LogP) is 4.10. The largest absolute Gasteiger partial charge is 0.494 e. The van der Waals surface area contributed by atoms with Gasteiger partial charge < -0.3 is 19.3 Å². The standard InChI is InChI=1S/C28H36N4O8S/c1-21(2)19-31(41(36,37)25-9-10-26-27(18-25)40-20-39-26)15-11-23(32(35)28(33)34)17-22-5-7-24(8-6-22)38-16-4-14-30-13-3-12-29-30/h3,5-10,12-13,18,21,23,35H,4,11,14-17,19-20H2,1-2H3,(H,33,34). The Bertz CT molecular complexity index is 1380. The molecule has 41 heavy (non-hydrogen) atoms. The van der Waals surface area contributed by atoms with Crippen LogP contribution < -0.4 is 14.2 Å². The summed E-state index contributed by atoms with van der Waals surface area (Å²) in [6.45, 7) is 5.29. The highest BCUT2D eigenvalue weighted by Crippen LogP contribution is 2.35. The van der Waals surface area contributed by atoms with E-state index in [9.17, 15) is 23.5 Å². The van der Waals surface area contributed by atoms with Crippen molar-refractivity contribution in [2.45, 2.75) is 50.6 Å². The van der Waals surface area contributed by atoms with Crippen LogP contribution in [0.2, 0.25) is 0 Å². The summed E-state index contributed by atoms with van der Waals surface area (Å²) in [6.07, 6.45) is 3.15. The maximum Gasteiger partial charge on any atom is 0.431 e. The molecule has 0 saturated carbocycles. The molecule has 0 aliphatic carbocycles. The zero-order valence-corrected chi connectivity index (χ0v) is 23.9. The van der Waals surface area contributed by atoms with Crippen LogP contribution in [-0.4, -0.2) is 76.5 Å². The summed E-state index contributed by atoms with van der Waals surface area (Å²) >= 11 is 0. The third-order valence-electron chi connectivity index (χ3n) is 6.56. The van der Waals surface area contributed by atoms with E-state index in [0.29, 0.717) is 23.9 Å². The molecule has 0 radical (unpaired) electrons. The van der Waals surface area contributed by atoms with Crippen molar-refractivity contribution in [3.8, 4) is 17.2 Å². The molecule has 2 N–H and O–H groups in total. The minimum atomic E-state index is -3.94. The Labute approximate surface area is 239 Å². The minimum absolute atomic E-state index is 0.00140. The second-order valence-electron chi connectivity index (χ2n) is 10.2. The highest BCUT2D eigenvalue weighted by atomic mass is 32.2. The lowest BCUT2D eigenvalue weighted by Crippen LogP contribution is -2.42. The smallest absolute Gasteiger partial charge is 0.431 e. The van der Waals surface area contributed by atoms with Crippen LogP contribution in [-0.2, 0) is 23.0 Å². The van der Waals surface area contributed by atoms with Crippen LogP contribution in [0.5, 0.6) is 17.2 Å². The Morgan fingerprint density at radius 2 is 1.90 bits per heavy atom. The number of carboxylic acid groups (broad SMARTS) is 1. The Kier molecular flexibility index (Phi) is 10.1. The fourth-order valence-corrected chi connectivity index (χ4v) is 6.14. The minimum Gasteiger partial charge on any atom is -0.494 e. The zero-order valence-electron chi connectivity index (χ0n) is 23.1. The summed E-state index contributed by atoms with van der Waals surface area (Å²) in [6, 6.07) is 12.6. The van der Waals surface area contributed by atoms with Crippen LogP contribution in [0.15, 0.2) is 65.8 Å². The van der Waals surface area contributed by atoms with Gasteiger partial charge in [0.2, 0.25) is 16.8 Å². The lowest BCUT2D eigenvalue weighted by molar-refractivity contribution is -0.0984. The lowest BCUT2D eigenvalue weighted by atomic mass is 10.0. The molecule has 0 saturated heterocycles. The molecule has 0 spiro atoms. The van der Waals surface area contributed by atoms with Gasteiger partial charge in [0.15, 0.2) is 11.5 Å². The maximum absolute atomic E-state index is 13.6. The molecule has 0 fully saturated rings. The first-order chi connectivity index (χ1) is 19.6. The fraction of sp³-hybridized carbons (Fsp3) is 0.429. The van der Waals surface area contributed by atoms with Gasteiger partial charge in [-0.3, -0.25) is 9.89 Å². The number of hydrogen-bond donors (Lipinski definition) is 2. The topological polar surface area (TPSA) is 144 Å². The van der Waals surface area contributed by atoms with Gasteiger partial charge in [-0.25, -0.2) is 13.2 Å². The van der Waals surface area contributed by atoms with Gasteiger partial charge in [-0.1, -0.05) is 26.0 Å². The van der Waals surface area contributed by atoms with Crippen molar-refractivity contribution in [2.24, 2.45) is 5.92 Å². The van der Waals surface area contributed by atoms with Gasteiger partial charge in [0, 0.05) is 44.5 Å². The molecule has 13 heteroatoms. The molecule has 1 unspecified atom stereocenters. The van der Waals surface area contributed by atoms with Gasteiger partial charge in [-0.2, -0.15) is 14.5 Å². The Morgan fingerprint density at radius 3 is 2.59 bits per heavy atom. The van der Waals surface area contributed by atoms with Crippen molar-refractivity contribution in [1.29, 1.82) is 0 Å². The zero-order chi connectivity index (χ0) is 29.4. The first kappa shape index (κ1) is 30.2. The number of hydroxylamine groups is 2. The van der Waals surface area contributed by atoms with Crippen molar-refractivity contribution in [1.82, 2.24) is 19.1 Å². The first-order valence-corrected chi connectivity index (χ1v) is 14.9. The molecule has 222 valence electrons. The number of amides is 1. The molecule has 2 heterocycles. The number of ether oxygens (including phenoxy) is 3. The number of sulfonamides is 1. The molecule has 1 atom stereocenters. The average Bonchev–Trinajstić information content (AvgIpc) is 3.64. The normalized spacial score (nSPS) is 13.5. The van der Waals surface area contributed by atoms with Crippen molar-refractivity contribution < 1.29 is 37.7 Å². The molecule has 3 aromatic rings. The summed E-state index contributed by atoms with van der Waals surface area (Å²) in [5.74, 6) is 1.51. The average molecular weight is 589 g/mol. The van der Waals surface area contributed by atoms with E-state index in [0.717, 1.165) is 18.5 Å². The van der Waals surface area contributed by atoms with E-state index in [4.69, 9.17) is 14.2 Å². The van der Waals surface area contributed by atoms with E-state index >= 15 is 0 Å². The Morgan fingerprint density at radius 1 is 1.15 bits per heavy atom. The quantitative estimate of drug-likeness (QED) is 0.152. The SMILES string of the molecule is CC(C)CN(CCC(Cc1ccc(OCCCn2cccn2)cc1)N(O)C(=O)O)S(=O)(=O)c1ccc2c(c1)OCO2. The van der Waals surface area contributed by atoms with Crippen LogP contribution in [0, 0.1) is 5.92 Å².